The first-order valence-electron chi connectivity index (χ1n) is 7.76. The molecule has 11 heteroatoms. The Morgan fingerprint density at radius 2 is 2.11 bits per heavy atom. The van der Waals surface area contributed by atoms with Gasteiger partial charge in [-0.1, -0.05) is 24.6 Å². The van der Waals surface area contributed by atoms with Crippen LogP contribution in [0.15, 0.2) is 35.6 Å². The molecule has 1 aromatic rings. The van der Waals surface area contributed by atoms with Crippen molar-refractivity contribution >= 4 is 29.6 Å². The van der Waals surface area contributed by atoms with E-state index in [0.717, 1.165) is 6.07 Å². The third kappa shape index (κ3) is 5.61. The molecule has 1 heterocycles. The SMILES string of the molecule is CCC(=O)NC1(C(=O)NCc2ccc(OC(F)(F)F)c(Cl)c2)C=NC=CN1. The number of rotatable bonds is 6. The number of carbonyl (C=O) groups is 2. The summed E-state index contributed by atoms with van der Waals surface area (Å²) in [7, 11) is 0. The van der Waals surface area contributed by atoms with Crippen molar-refractivity contribution in [3.8, 4) is 5.75 Å². The monoisotopic (exact) mass is 404 g/mol. The summed E-state index contributed by atoms with van der Waals surface area (Å²) in [5.74, 6) is -1.53. The predicted octanol–water partition coefficient (Wildman–Crippen LogP) is 2.22. The molecular formula is C16H16ClF3N4O3. The number of nitrogens with zero attached hydrogens (tertiary/aromatic N) is 1. The van der Waals surface area contributed by atoms with E-state index in [1.54, 1.807) is 6.92 Å². The van der Waals surface area contributed by atoms with Gasteiger partial charge in [0.1, 0.15) is 5.75 Å². The second kappa shape index (κ2) is 8.30. The molecule has 7 nitrogen and oxygen atoms in total. The molecule has 0 fully saturated rings. The first-order chi connectivity index (χ1) is 12.6. The Balaban J connectivity index is 2.07. The lowest BCUT2D eigenvalue weighted by molar-refractivity contribution is -0.274. The fraction of sp³-hybridized carbons (Fsp3) is 0.312. The molecule has 0 saturated carbocycles. The van der Waals surface area contributed by atoms with Crippen molar-refractivity contribution in [2.45, 2.75) is 31.9 Å². The third-order valence-corrected chi connectivity index (χ3v) is 3.73. The van der Waals surface area contributed by atoms with Crippen molar-refractivity contribution < 1.29 is 27.5 Å². The zero-order chi connectivity index (χ0) is 20.1. The van der Waals surface area contributed by atoms with Crippen LogP contribution >= 0.6 is 11.6 Å². The largest absolute Gasteiger partial charge is 0.573 e. The summed E-state index contributed by atoms with van der Waals surface area (Å²) < 4.78 is 40.6. The van der Waals surface area contributed by atoms with Crippen LogP contribution in [0.1, 0.15) is 18.9 Å². The van der Waals surface area contributed by atoms with Gasteiger partial charge in [0.25, 0.3) is 5.91 Å². The molecule has 146 valence electrons. The minimum atomic E-state index is -4.86. The fourth-order valence-corrected chi connectivity index (χ4v) is 2.39. The van der Waals surface area contributed by atoms with E-state index < -0.39 is 23.7 Å². The van der Waals surface area contributed by atoms with Gasteiger partial charge >= 0.3 is 6.36 Å². The molecule has 2 rings (SSSR count). The van der Waals surface area contributed by atoms with Gasteiger partial charge in [0.05, 0.1) is 11.2 Å². The van der Waals surface area contributed by atoms with Gasteiger partial charge < -0.3 is 20.7 Å². The lowest BCUT2D eigenvalue weighted by Gasteiger charge is -2.31. The molecule has 27 heavy (non-hydrogen) atoms. The minimum absolute atomic E-state index is 0.0478. The van der Waals surface area contributed by atoms with Crippen molar-refractivity contribution in [3.63, 3.8) is 0 Å². The van der Waals surface area contributed by atoms with Crippen LogP contribution in [0.5, 0.6) is 5.75 Å². The van der Waals surface area contributed by atoms with E-state index in [9.17, 15) is 22.8 Å². The van der Waals surface area contributed by atoms with Gasteiger partial charge in [-0.05, 0) is 17.7 Å². The number of amides is 2. The van der Waals surface area contributed by atoms with Gasteiger partial charge in [0.15, 0.2) is 0 Å². The Morgan fingerprint density at radius 1 is 1.37 bits per heavy atom. The van der Waals surface area contributed by atoms with Gasteiger partial charge in [-0.2, -0.15) is 0 Å². The van der Waals surface area contributed by atoms with Crippen molar-refractivity contribution in [3.05, 3.63) is 41.2 Å². The molecule has 0 aliphatic carbocycles. The van der Waals surface area contributed by atoms with Gasteiger partial charge in [0.2, 0.25) is 11.6 Å². The van der Waals surface area contributed by atoms with Crippen LogP contribution in [0.25, 0.3) is 0 Å². The number of carbonyl (C=O) groups excluding carboxylic acids is 2. The van der Waals surface area contributed by atoms with Gasteiger partial charge in [-0.25, -0.2) is 0 Å². The zero-order valence-corrected chi connectivity index (χ0v) is 14.8. The van der Waals surface area contributed by atoms with Crippen molar-refractivity contribution in [2.24, 2.45) is 4.99 Å². The first kappa shape index (κ1) is 20.6. The number of hydrogen-bond acceptors (Lipinski definition) is 5. The zero-order valence-electron chi connectivity index (χ0n) is 14.1. The topological polar surface area (TPSA) is 91.8 Å². The Kier molecular flexibility index (Phi) is 6.32. The highest BCUT2D eigenvalue weighted by atomic mass is 35.5. The molecule has 0 saturated heterocycles. The fourth-order valence-electron chi connectivity index (χ4n) is 2.14. The van der Waals surface area contributed by atoms with Crippen LogP contribution < -0.4 is 20.7 Å². The molecular weight excluding hydrogens is 389 g/mol. The quantitative estimate of drug-likeness (QED) is 0.678. The molecule has 1 aliphatic heterocycles. The van der Waals surface area contributed by atoms with Gasteiger partial charge in [-0.15, -0.1) is 13.2 Å². The van der Waals surface area contributed by atoms with E-state index in [1.807, 2.05) is 0 Å². The van der Waals surface area contributed by atoms with Crippen LogP contribution in [0.3, 0.4) is 0 Å². The van der Waals surface area contributed by atoms with Gasteiger partial charge in [0, 0.05) is 25.4 Å². The molecule has 0 aromatic heterocycles. The predicted molar refractivity (Wildman–Crippen MR) is 91.9 cm³/mol. The standard InChI is InChI=1S/C16H16ClF3N4O3/c1-2-13(25)24-15(9-21-5-6-23-15)14(26)22-8-10-3-4-12(11(17)7-10)27-16(18,19)20/h3-7,9,23H,2,8H2,1H3,(H,22,26)(H,24,25). The molecule has 2 amide bonds. The minimum Gasteiger partial charge on any atom is -0.404 e. The summed E-state index contributed by atoms with van der Waals surface area (Å²) in [6, 6.07) is 3.62. The molecule has 0 radical (unpaired) electrons. The molecule has 0 spiro atoms. The Bertz CT molecular complexity index is 783. The highest BCUT2D eigenvalue weighted by Gasteiger charge is 2.38. The average Bonchev–Trinajstić information content (AvgIpc) is 2.61. The first-order valence-corrected chi connectivity index (χ1v) is 8.13. The van der Waals surface area contributed by atoms with E-state index >= 15 is 0 Å². The molecule has 1 aromatic carbocycles. The summed E-state index contributed by atoms with van der Waals surface area (Å²) >= 11 is 5.78. The molecule has 0 bridgehead atoms. The van der Waals surface area contributed by atoms with Crippen LogP contribution in [0, 0.1) is 0 Å². The number of nitrogens with one attached hydrogen (secondary N) is 3. The van der Waals surface area contributed by atoms with Crippen molar-refractivity contribution in [2.75, 3.05) is 0 Å². The number of benzene rings is 1. The maximum atomic E-state index is 12.6. The van der Waals surface area contributed by atoms with Gasteiger partial charge in [-0.3, -0.25) is 14.6 Å². The molecule has 1 unspecified atom stereocenters. The number of hydrogen-bond donors (Lipinski definition) is 3. The summed E-state index contributed by atoms with van der Waals surface area (Å²) in [6.07, 6.45) is -0.658. The van der Waals surface area contributed by atoms with Crippen molar-refractivity contribution in [1.82, 2.24) is 16.0 Å². The second-order valence-electron chi connectivity index (χ2n) is 5.44. The Labute approximate surface area is 157 Å². The van der Waals surface area contributed by atoms with Crippen LogP contribution in [-0.4, -0.2) is 30.1 Å². The number of aliphatic imine (C=N–C) groups is 1. The Hall–Kier alpha value is -2.75. The van der Waals surface area contributed by atoms with Crippen LogP contribution in [-0.2, 0) is 16.1 Å². The highest BCUT2D eigenvalue weighted by molar-refractivity contribution is 6.32. The van der Waals surface area contributed by atoms with Crippen molar-refractivity contribution in [1.29, 1.82) is 0 Å². The highest BCUT2D eigenvalue weighted by Crippen LogP contribution is 2.30. The van der Waals surface area contributed by atoms with E-state index in [4.69, 9.17) is 11.6 Å². The molecule has 1 atom stereocenters. The van der Waals surface area contributed by atoms with E-state index in [-0.39, 0.29) is 23.9 Å². The summed E-state index contributed by atoms with van der Waals surface area (Å²) in [5, 5.41) is 7.58. The number of alkyl halides is 3. The van der Waals surface area contributed by atoms with E-state index in [0.29, 0.717) is 5.56 Å². The maximum Gasteiger partial charge on any atom is 0.573 e. The van der Waals surface area contributed by atoms with E-state index in [1.165, 1.54) is 30.7 Å². The summed E-state index contributed by atoms with van der Waals surface area (Å²) in [5.41, 5.74) is -1.13. The van der Waals surface area contributed by atoms with Crippen LogP contribution in [0.4, 0.5) is 13.2 Å². The third-order valence-electron chi connectivity index (χ3n) is 3.43. The average molecular weight is 405 g/mol. The van der Waals surface area contributed by atoms with Crippen LogP contribution in [0.2, 0.25) is 5.02 Å². The smallest absolute Gasteiger partial charge is 0.404 e. The normalized spacial score (nSPS) is 18.6. The summed E-state index contributed by atoms with van der Waals surface area (Å²) in [4.78, 5) is 28.2. The molecule has 3 N–H and O–H groups in total. The lowest BCUT2D eigenvalue weighted by atomic mass is 10.1. The lowest BCUT2D eigenvalue weighted by Crippen LogP contribution is -2.67. The number of ether oxygens (including phenoxy) is 1. The number of halogens is 4. The van der Waals surface area contributed by atoms with E-state index in [2.05, 4.69) is 25.7 Å². The molecule has 1 aliphatic rings. The maximum absolute atomic E-state index is 12.6. The second-order valence-corrected chi connectivity index (χ2v) is 5.85. The summed E-state index contributed by atoms with van der Waals surface area (Å²) in [6.45, 7) is 1.58. The Morgan fingerprint density at radius 3 is 2.67 bits per heavy atom.